The maximum atomic E-state index is 12.2. The Morgan fingerprint density at radius 3 is 2.11 bits per heavy atom. The van der Waals surface area contributed by atoms with E-state index in [0.29, 0.717) is 32.6 Å². The summed E-state index contributed by atoms with van der Waals surface area (Å²) < 4.78 is 26.8. The highest BCUT2D eigenvalue weighted by Crippen LogP contribution is 2.19. The Hall–Kier alpha value is -0.660. The normalized spacial score (nSPS) is 19.6. The fourth-order valence-corrected chi connectivity index (χ4v) is 3.17. The first-order valence-electron chi connectivity index (χ1n) is 6.54. The Labute approximate surface area is 116 Å². The molecule has 6 nitrogen and oxygen atoms in total. The molecule has 0 radical (unpaired) electrons. The highest BCUT2D eigenvalue weighted by atomic mass is 32.2. The molecule has 0 N–H and O–H groups in total. The second-order valence-electron chi connectivity index (χ2n) is 6.08. The molecule has 0 bridgehead atoms. The summed E-state index contributed by atoms with van der Waals surface area (Å²) in [5, 5.41) is 0. The van der Waals surface area contributed by atoms with Crippen molar-refractivity contribution in [2.75, 3.05) is 40.3 Å². The first-order valence-corrected chi connectivity index (χ1v) is 7.93. The lowest BCUT2D eigenvalue weighted by Gasteiger charge is -2.28. The smallest absolute Gasteiger partial charge is 0.281 e. The molecule has 7 heteroatoms. The minimum absolute atomic E-state index is 0.0802. The molecule has 112 valence electrons. The Morgan fingerprint density at radius 1 is 1.05 bits per heavy atom. The highest BCUT2D eigenvalue weighted by Gasteiger charge is 2.31. The van der Waals surface area contributed by atoms with Crippen molar-refractivity contribution in [3.8, 4) is 0 Å². The maximum absolute atomic E-state index is 12.2. The van der Waals surface area contributed by atoms with Crippen molar-refractivity contribution >= 4 is 16.1 Å². The van der Waals surface area contributed by atoms with E-state index in [4.69, 9.17) is 0 Å². The molecule has 1 heterocycles. The molecule has 0 unspecified atom stereocenters. The third-order valence-corrected chi connectivity index (χ3v) is 5.11. The van der Waals surface area contributed by atoms with E-state index >= 15 is 0 Å². The predicted octanol–water partition coefficient (Wildman–Crippen LogP) is 0.373. The molecule has 19 heavy (non-hydrogen) atoms. The van der Waals surface area contributed by atoms with Crippen LogP contribution in [0.15, 0.2) is 0 Å². The maximum Gasteiger partial charge on any atom is 0.281 e. The third-order valence-electron chi connectivity index (χ3n) is 3.17. The van der Waals surface area contributed by atoms with Crippen molar-refractivity contribution in [2.45, 2.75) is 27.2 Å². The molecule has 0 aromatic rings. The molecular weight excluding hydrogens is 266 g/mol. The van der Waals surface area contributed by atoms with Gasteiger partial charge >= 0.3 is 0 Å². The molecule has 0 atom stereocenters. The van der Waals surface area contributed by atoms with Gasteiger partial charge in [-0.3, -0.25) is 4.79 Å². The number of hydrogen-bond donors (Lipinski definition) is 0. The predicted molar refractivity (Wildman–Crippen MR) is 74.8 cm³/mol. The van der Waals surface area contributed by atoms with Crippen molar-refractivity contribution in [3.05, 3.63) is 0 Å². The van der Waals surface area contributed by atoms with Gasteiger partial charge in [-0.2, -0.15) is 17.0 Å². The lowest BCUT2D eigenvalue weighted by atomic mass is 9.94. The molecule has 1 rings (SSSR count). The van der Waals surface area contributed by atoms with E-state index < -0.39 is 15.6 Å². The number of rotatable bonds is 2. The highest BCUT2D eigenvalue weighted by molar-refractivity contribution is 7.86. The second kappa shape index (κ2) is 5.76. The Balaban J connectivity index is 2.75. The van der Waals surface area contributed by atoms with E-state index in [0.717, 1.165) is 0 Å². The van der Waals surface area contributed by atoms with E-state index in [9.17, 15) is 13.2 Å². The van der Waals surface area contributed by atoms with E-state index in [2.05, 4.69) is 0 Å². The van der Waals surface area contributed by atoms with Crippen molar-refractivity contribution < 1.29 is 13.2 Å². The van der Waals surface area contributed by atoms with Crippen LogP contribution in [-0.4, -0.2) is 68.1 Å². The Bertz CT molecular complexity index is 426. The standard InChI is InChI=1S/C12H25N3O3S/c1-12(2,3)11(16)14-7-6-8-15(10-9-14)19(17,18)13(4)5/h6-10H2,1-5H3. The lowest BCUT2D eigenvalue weighted by Crippen LogP contribution is -2.44. The summed E-state index contributed by atoms with van der Waals surface area (Å²) in [5.74, 6) is 0.0802. The van der Waals surface area contributed by atoms with Crippen LogP contribution in [-0.2, 0) is 15.0 Å². The zero-order valence-corrected chi connectivity index (χ0v) is 13.3. The van der Waals surface area contributed by atoms with Gasteiger partial charge in [0.15, 0.2) is 0 Å². The molecule has 0 aliphatic carbocycles. The molecule has 1 aliphatic heterocycles. The molecule has 1 amide bonds. The first-order chi connectivity index (χ1) is 8.56. The zero-order valence-electron chi connectivity index (χ0n) is 12.5. The molecule has 0 spiro atoms. The van der Waals surface area contributed by atoms with Crippen LogP contribution in [0.3, 0.4) is 0 Å². The van der Waals surface area contributed by atoms with Crippen molar-refractivity contribution in [2.24, 2.45) is 5.41 Å². The number of carbonyl (C=O) groups excluding carboxylic acids is 1. The Morgan fingerprint density at radius 2 is 1.63 bits per heavy atom. The minimum atomic E-state index is -3.38. The molecular formula is C12H25N3O3S. The summed E-state index contributed by atoms with van der Waals surface area (Å²) in [5.41, 5.74) is -0.421. The van der Waals surface area contributed by atoms with Crippen LogP contribution < -0.4 is 0 Å². The van der Waals surface area contributed by atoms with Crippen molar-refractivity contribution in [1.82, 2.24) is 13.5 Å². The van der Waals surface area contributed by atoms with Gasteiger partial charge in [0.05, 0.1) is 0 Å². The summed E-state index contributed by atoms with van der Waals surface area (Å²) >= 11 is 0. The summed E-state index contributed by atoms with van der Waals surface area (Å²) in [6.07, 6.45) is 0.675. The molecule has 1 aliphatic rings. The fourth-order valence-electron chi connectivity index (χ4n) is 2.03. The lowest BCUT2D eigenvalue weighted by molar-refractivity contribution is -0.139. The SMILES string of the molecule is CN(C)S(=O)(=O)N1CCCN(C(=O)C(C)(C)C)CC1. The van der Waals surface area contributed by atoms with Crippen LogP contribution in [0.5, 0.6) is 0 Å². The summed E-state index contributed by atoms with van der Waals surface area (Å²) in [6, 6.07) is 0. The number of carbonyl (C=O) groups is 1. The first kappa shape index (κ1) is 16.4. The van der Waals surface area contributed by atoms with Crippen LogP contribution in [0.4, 0.5) is 0 Å². The van der Waals surface area contributed by atoms with Gasteiger partial charge in [-0.05, 0) is 6.42 Å². The average molecular weight is 291 g/mol. The van der Waals surface area contributed by atoms with Gasteiger partial charge in [0, 0.05) is 45.7 Å². The second-order valence-corrected chi connectivity index (χ2v) is 8.23. The third kappa shape index (κ3) is 3.90. The fraction of sp³-hybridized carbons (Fsp3) is 0.917. The summed E-state index contributed by atoms with van der Waals surface area (Å²) in [6.45, 7) is 7.56. The average Bonchev–Trinajstić information content (AvgIpc) is 2.52. The van der Waals surface area contributed by atoms with E-state index in [-0.39, 0.29) is 5.91 Å². The van der Waals surface area contributed by atoms with Gasteiger partial charge in [-0.25, -0.2) is 0 Å². The van der Waals surface area contributed by atoms with Gasteiger partial charge < -0.3 is 4.90 Å². The number of hydrogen-bond acceptors (Lipinski definition) is 3. The largest absolute Gasteiger partial charge is 0.341 e. The van der Waals surface area contributed by atoms with Gasteiger partial charge in [-0.15, -0.1) is 0 Å². The molecule has 1 fully saturated rings. The summed E-state index contributed by atoms with van der Waals surface area (Å²) in [7, 11) is -0.327. The van der Waals surface area contributed by atoms with Crippen molar-refractivity contribution in [3.63, 3.8) is 0 Å². The van der Waals surface area contributed by atoms with Gasteiger partial charge in [0.1, 0.15) is 0 Å². The van der Waals surface area contributed by atoms with Gasteiger partial charge in [-0.1, -0.05) is 20.8 Å². The van der Waals surface area contributed by atoms with E-state index in [1.54, 1.807) is 4.90 Å². The van der Waals surface area contributed by atoms with Crippen LogP contribution in [0.2, 0.25) is 0 Å². The topological polar surface area (TPSA) is 60.9 Å². The molecule has 0 saturated carbocycles. The van der Waals surface area contributed by atoms with E-state index in [1.807, 2.05) is 20.8 Å². The molecule has 0 aromatic heterocycles. The monoisotopic (exact) mass is 291 g/mol. The van der Waals surface area contributed by atoms with Crippen LogP contribution in [0.1, 0.15) is 27.2 Å². The van der Waals surface area contributed by atoms with Crippen LogP contribution >= 0.6 is 0 Å². The molecule has 1 saturated heterocycles. The quantitative estimate of drug-likeness (QED) is 0.738. The van der Waals surface area contributed by atoms with Crippen molar-refractivity contribution in [1.29, 1.82) is 0 Å². The summed E-state index contributed by atoms with van der Waals surface area (Å²) in [4.78, 5) is 14.0. The zero-order chi connectivity index (χ0) is 14.8. The van der Waals surface area contributed by atoms with Gasteiger partial charge in [0.2, 0.25) is 5.91 Å². The van der Waals surface area contributed by atoms with Crippen LogP contribution in [0.25, 0.3) is 0 Å². The Kier molecular flexibility index (Phi) is 4.97. The molecule has 0 aromatic carbocycles. The van der Waals surface area contributed by atoms with Gasteiger partial charge in [0.25, 0.3) is 10.2 Å². The minimum Gasteiger partial charge on any atom is -0.341 e. The number of amides is 1. The van der Waals surface area contributed by atoms with Crippen LogP contribution in [0, 0.1) is 5.41 Å². The van der Waals surface area contributed by atoms with E-state index in [1.165, 1.54) is 22.7 Å². The number of nitrogens with zero attached hydrogens (tertiary/aromatic N) is 3.